The van der Waals surface area contributed by atoms with E-state index in [2.05, 4.69) is 32.3 Å². The number of hydrogen-bond acceptors (Lipinski definition) is 1. The molecule has 0 aliphatic carbocycles. The highest BCUT2D eigenvalue weighted by molar-refractivity contribution is 6.74. The lowest BCUT2D eigenvalue weighted by Crippen LogP contribution is -2.33. The summed E-state index contributed by atoms with van der Waals surface area (Å²) in [5.74, 6) is -0.815. The van der Waals surface area contributed by atoms with Gasteiger partial charge in [0.05, 0.1) is 23.2 Å². The summed E-state index contributed by atoms with van der Waals surface area (Å²) in [6.45, 7) is 8.75. The second-order valence-electron chi connectivity index (χ2n) is 4.10. The SMILES string of the molecule is C[Si](C)c1cc(C(=O)O)cc([Si](C)C)c1. The van der Waals surface area contributed by atoms with E-state index in [0.717, 1.165) is 0 Å². The number of carbonyl (C=O) groups is 1. The summed E-state index contributed by atoms with van der Waals surface area (Å²) in [5, 5.41) is 11.5. The summed E-state index contributed by atoms with van der Waals surface area (Å²) >= 11 is 0. The molecule has 1 aromatic carbocycles. The molecule has 1 aromatic rings. The van der Waals surface area contributed by atoms with Gasteiger partial charge in [-0.3, -0.25) is 0 Å². The standard InChI is InChI=1S/C11H16O2Si2/c1-14(2)9-5-8(11(12)13)6-10(7-9)15(3)4/h5-7H,1-4H3,(H,12,13). The van der Waals surface area contributed by atoms with E-state index in [4.69, 9.17) is 5.11 Å². The highest BCUT2D eigenvalue weighted by atomic mass is 28.3. The molecule has 0 bridgehead atoms. The van der Waals surface area contributed by atoms with Crippen LogP contribution in [0.2, 0.25) is 26.2 Å². The molecule has 0 amide bonds. The predicted molar refractivity (Wildman–Crippen MR) is 67.6 cm³/mol. The smallest absolute Gasteiger partial charge is 0.335 e. The predicted octanol–water partition coefficient (Wildman–Crippen LogP) is 1.31. The van der Waals surface area contributed by atoms with Gasteiger partial charge in [0, 0.05) is 0 Å². The van der Waals surface area contributed by atoms with Crippen LogP contribution in [0.3, 0.4) is 0 Å². The minimum Gasteiger partial charge on any atom is -0.478 e. The Labute approximate surface area is 94.2 Å². The molecule has 1 N–H and O–H groups in total. The quantitative estimate of drug-likeness (QED) is 0.804. The van der Waals surface area contributed by atoms with Gasteiger partial charge in [0.1, 0.15) is 0 Å². The Morgan fingerprint density at radius 3 is 1.67 bits per heavy atom. The average molecular weight is 236 g/mol. The molecular weight excluding hydrogens is 220 g/mol. The molecule has 0 aromatic heterocycles. The van der Waals surface area contributed by atoms with Crippen molar-refractivity contribution in [3.63, 3.8) is 0 Å². The van der Waals surface area contributed by atoms with Crippen molar-refractivity contribution in [3.05, 3.63) is 23.8 Å². The first-order valence-electron chi connectivity index (χ1n) is 4.91. The first-order valence-corrected chi connectivity index (χ1v) is 9.91. The van der Waals surface area contributed by atoms with Crippen LogP contribution in [-0.2, 0) is 0 Å². The molecule has 0 saturated heterocycles. The van der Waals surface area contributed by atoms with Gasteiger partial charge in [0.15, 0.2) is 0 Å². The number of benzene rings is 1. The molecule has 0 atom stereocenters. The molecule has 1 rings (SSSR count). The third-order valence-electron chi connectivity index (χ3n) is 2.33. The number of hydrogen-bond donors (Lipinski definition) is 1. The molecule has 2 radical (unpaired) electrons. The van der Waals surface area contributed by atoms with Crippen LogP contribution < -0.4 is 10.4 Å². The van der Waals surface area contributed by atoms with Crippen LogP contribution in [0.15, 0.2) is 18.2 Å². The Morgan fingerprint density at radius 1 is 1.00 bits per heavy atom. The van der Waals surface area contributed by atoms with Crippen molar-refractivity contribution >= 4 is 33.9 Å². The Kier molecular flexibility index (Phi) is 3.87. The van der Waals surface area contributed by atoms with Gasteiger partial charge in [-0.25, -0.2) is 4.79 Å². The maximum absolute atomic E-state index is 11.0. The number of carboxylic acids is 1. The number of aromatic carboxylic acids is 1. The summed E-state index contributed by atoms with van der Waals surface area (Å²) < 4.78 is 0. The molecule has 15 heavy (non-hydrogen) atoms. The van der Waals surface area contributed by atoms with Crippen molar-refractivity contribution in [1.82, 2.24) is 0 Å². The third kappa shape index (κ3) is 3.04. The summed E-state index contributed by atoms with van der Waals surface area (Å²) in [6, 6.07) is 5.84. The number of rotatable bonds is 3. The molecular formula is C11H16O2Si2. The fourth-order valence-corrected chi connectivity index (χ4v) is 3.25. The lowest BCUT2D eigenvalue weighted by atomic mass is 10.2. The monoisotopic (exact) mass is 236 g/mol. The van der Waals surface area contributed by atoms with Gasteiger partial charge < -0.3 is 5.11 Å². The number of carboxylic acid groups (broad SMARTS) is 1. The van der Waals surface area contributed by atoms with E-state index in [-0.39, 0.29) is 0 Å². The van der Waals surface area contributed by atoms with Crippen molar-refractivity contribution in [2.45, 2.75) is 26.2 Å². The minimum absolute atomic E-state index is 0.444. The lowest BCUT2D eigenvalue weighted by molar-refractivity contribution is 0.0697. The summed E-state index contributed by atoms with van der Waals surface area (Å²) in [5.41, 5.74) is 0.444. The molecule has 0 aliphatic rings. The van der Waals surface area contributed by atoms with E-state index < -0.39 is 23.6 Å². The fraction of sp³-hybridized carbons (Fsp3) is 0.364. The van der Waals surface area contributed by atoms with Gasteiger partial charge in [-0.05, 0) is 12.1 Å². The molecule has 2 nitrogen and oxygen atoms in total. The topological polar surface area (TPSA) is 37.3 Å². The molecule has 0 fully saturated rings. The van der Waals surface area contributed by atoms with Crippen LogP contribution in [0.5, 0.6) is 0 Å². The summed E-state index contributed by atoms with van der Waals surface area (Å²) in [6.07, 6.45) is 0. The van der Waals surface area contributed by atoms with Crippen LogP contribution in [0, 0.1) is 0 Å². The average Bonchev–Trinajstić information content (AvgIpc) is 2.16. The molecule has 4 heteroatoms. The van der Waals surface area contributed by atoms with E-state index in [1.54, 1.807) is 0 Å². The molecule has 0 unspecified atom stereocenters. The van der Waals surface area contributed by atoms with E-state index >= 15 is 0 Å². The molecule has 80 valence electrons. The van der Waals surface area contributed by atoms with Crippen molar-refractivity contribution in [1.29, 1.82) is 0 Å². The van der Waals surface area contributed by atoms with Gasteiger partial charge in [-0.1, -0.05) is 42.6 Å². The molecule has 0 saturated carbocycles. The van der Waals surface area contributed by atoms with Gasteiger partial charge in [0.25, 0.3) is 0 Å². The van der Waals surface area contributed by atoms with Crippen LogP contribution in [0.25, 0.3) is 0 Å². The third-order valence-corrected chi connectivity index (χ3v) is 5.22. The zero-order valence-corrected chi connectivity index (χ0v) is 11.6. The van der Waals surface area contributed by atoms with Gasteiger partial charge in [-0.15, -0.1) is 0 Å². The summed E-state index contributed by atoms with van der Waals surface area (Å²) in [4.78, 5) is 11.0. The fourth-order valence-electron chi connectivity index (χ4n) is 1.33. The van der Waals surface area contributed by atoms with E-state index in [1.807, 2.05) is 12.1 Å². The van der Waals surface area contributed by atoms with Crippen molar-refractivity contribution in [3.8, 4) is 0 Å². The summed E-state index contributed by atoms with van der Waals surface area (Å²) in [7, 11) is -1.14. The second kappa shape index (κ2) is 4.76. The molecule has 0 aliphatic heterocycles. The second-order valence-corrected chi connectivity index (χ2v) is 9.26. The lowest BCUT2D eigenvalue weighted by Gasteiger charge is -2.11. The normalized spacial score (nSPS) is 11.1. The van der Waals surface area contributed by atoms with Crippen LogP contribution in [0.4, 0.5) is 0 Å². The Bertz CT molecular complexity index is 347. The highest BCUT2D eigenvalue weighted by Crippen LogP contribution is 1.98. The van der Waals surface area contributed by atoms with Crippen LogP contribution in [0.1, 0.15) is 10.4 Å². The molecule has 0 heterocycles. The van der Waals surface area contributed by atoms with Gasteiger partial charge in [-0.2, -0.15) is 0 Å². The Hall–Kier alpha value is -0.876. The Morgan fingerprint density at radius 2 is 1.40 bits per heavy atom. The van der Waals surface area contributed by atoms with Crippen molar-refractivity contribution < 1.29 is 9.90 Å². The zero-order chi connectivity index (χ0) is 11.6. The van der Waals surface area contributed by atoms with E-state index in [0.29, 0.717) is 5.56 Å². The molecule has 0 spiro atoms. The first kappa shape index (κ1) is 12.2. The van der Waals surface area contributed by atoms with E-state index in [9.17, 15) is 4.79 Å². The van der Waals surface area contributed by atoms with E-state index in [1.165, 1.54) is 10.4 Å². The Balaban J connectivity index is 3.26. The maximum atomic E-state index is 11.0. The maximum Gasteiger partial charge on any atom is 0.335 e. The largest absolute Gasteiger partial charge is 0.478 e. The van der Waals surface area contributed by atoms with Gasteiger partial charge in [0.2, 0.25) is 0 Å². The van der Waals surface area contributed by atoms with Crippen LogP contribution >= 0.6 is 0 Å². The van der Waals surface area contributed by atoms with Crippen molar-refractivity contribution in [2.24, 2.45) is 0 Å². The van der Waals surface area contributed by atoms with Gasteiger partial charge >= 0.3 is 5.97 Å². The highest BCUT2D eigenvalue weighted by Gasteiger charge is 2.11. The van der Waals surface area contributed by atoms with Crippen LogP contribution in [-0.4, -0.2) is 28.7 Å². The minimum atomic E-state index is -0.815. The van der Waals surface area contributed by atoms with Crippen molar-refractivity contribution in [2.75, 3.05) is 0 Å². The first-order chi connectivity index (χ1) is 6.91. The zero-order valence-electron chi connectivity index (χ0n) is 9.59.